The van der Waals surface area contributed by atoms with E-state index in [0.717, 1.165) is 12.1 Å². The second-order valence-electron chi connectivity index (χ2n) is 7.20. The first-order chi connectivity index (χ1) is 14.6. The highest BCUT2D eigenvalue weighted by Crippen LogP contribution is 2.29. The highest BCUT2D eigenvalue weighted by atomic mass is 32.2. The Morgan fingerprint density at radius 1 is 1.10 bits per heavy atom. The Morgan fingerprint density at radius 3 is 2.35 bits per heavy atom. The summed E-state index contributed by atoms with van der Waals surface area (Å²) in [6.45, 7) is 3.02. The molecule has 1 heterocycles. The third-order valence-electron chi connectivity index (χ3n) is 5.02. The van der Waals surface area contributed by atoms with Crippen LogP contribution in [0.25, 0.3) is 0 Å². The summed E-state index contributed by atoms with van der Waals surface area (Å²) < 4.78 is 70.3. The minimum atomic E-state index is -4.39. The number of hydrogen-bond acceptors (Lipinski definition) is 4. The van der Waals surface area contributed by atoms with E-state index in [1.54, 1.807) is 19.1 Å². The molecule has 2 aromatic carbocycles. The molecule has 0 aromatic heterocycles. The second kappa shape index (κ2) is 9.37. The van der Waals surface area contributed by atoms with Gasteiger partial charge in [-0.2, -0.15) is 17.5 Å². The summed E-state index contributed by atoms with van der Waals surface area (Å²) in [5.41, 5.74) is 0.652. The van der Waals surface area contributed by atoms with Crippen molar-refractivity contribution in [3.63, 3.8) is 0 Å². The third-order valence-corrected chi connectivity index (χ3v) is 7.06. The molecule has 1 saturated heterocycles. The molecular formula is C21H23F3N2O4S. The van der Waals surface area contributed by atoms with Gasteiger partial charge in [0.15, 0.2) is 0 Å². The van der Waals surface area contributed by atoms with Gasteiger partial charge in [0, 0.05) is 25.2 Å². The fourth-order valence-electron chi connectivity index (χ4n) is 3.23. The molecule has 1 fully saturated rings. The summed E-state index contributed by atoms with van der Waals surface area (Å²) in [6.07, 6.45) is -4.05. The predicted octanol–water partition coefficient (Wildman–Crippen LogP) is 3.01. The molecule has 3 rings (SSSR count). The SMILES string of the molecule is Cc1ccc(C(=O)NCCc2ccc(C(F)(F)F)cc2)cc1S(=O)(=O)N1CCOCC1. The number of nitrogens with one attached hydrogen (secondary N) is 1. The van der Waals surface area contributed by atoms with E-state index in [1.165, 1.54) is 22.5 Å². The lowest BCUT2D eigenvalue weighted by molar-refractivity contribution is -0.137. The molecule has 1 aliphatic heterocycles. The molecule has 2 aromatic rings. The van der Waals surface area contributed by atoms with Gasteiger partial charge in [0.2, 0.25) is 10.0 Å². The van der Waals surface area contributed by atoms with Crippen LogP contribution in [0, 0.1) is 6.92 Å². The van der Waals surface area contributed by atoms with E-state index in [4.69, 9.17) is 4.74 Å². The van der Waals surface area contributed by atoms with E-state index in [0.29, 0.717) is 30.8 Å². The Bertz CT molecular complexity index is 1030. The Morgan fingerprint density at radius 2 is 1.74 bits per heavy atom. The molecule has 1 aliphatic rings. The standard InChI is InChI=1S/C21H23F3N2O4S/c1-15-2-5-17(14-19(15)31(28,29)26-10-12-30-13-11-26)20(27)25-9-8-16-3-6-18(7-4-16)21(22,23)24/h2-7,14H,8-13H2,1H3,(H,25,27). The summed E-state index contributed by atoms with van der Waals surface area (Å²) in [7, 11) is -3.75. The fraction of sp³-hybridized carbons (Fsp3) is 0.381. The maximum Gasteiger partial charge on any atom is 0.416 e. The number of halogens is 3. The first kappa shape index (κ1) is 23.2. The number of ether oxygens (including phenoxy) is 1. The Labute approximate surface area is 179 Å². The van der Waals surface area contributed by atoms with Gasteiger partial charge in [-0.15, -0.1) is 0 Å². The average Bonchev–Trinajstić information content (AvgIpc) is 2.74. The van der Waals surface area contributed by atoms with Crippen LogP contribution in [0.3, 0.4) is 0 Å². The van der Waals surface area contributed by atoms with Gasteiger partial charge < -0.3 is 10.1 Å². The first-order valence-electron chi connectivity index (χ1n) is 9.72. The normalized spacial score (nSPS) is 15.6. The number of benzene rings is 2. The van der Waals surface area contributed by atoms with E-state index in [2.05, 4.69) is 5.32 Å². The van der Waals surface area contributed by atoms with Crippen molar-refractivity contribution in [1.29, 1.82) is 0 Å². The molecule has 0 radical (unpaired) electrons. The number of carbonyl (C=O) groups is 1. The molecule has 0 bridgehead atoms. The molecule has 0 unspecified atom stereocenters. The van der Waals surface area contributed by atoms with Gasteiger partial charge >= 0.3 is 6.18 Å². The van der Waals surface area contributed by atoms with Crippen molar-refractivity contribution in [2.75, 3.05) is 32.8 Å². The van der Waals surface area contributed by atoms with Crippen LogP contribution < -0.4 is 5.32 Å². The zero-order valence-corrected chi connectivity index (χ0v) is 17.7. The molecule has 6 nitrogen and oxygen atoms in total. The van der Waals surface area contributed by atoms with Crippen molar-refractivity contribution < 1.29 is 31.1 Å². The molecule has 0 saturated carbocycles. The molecule has 168 valence electrons. The summed E-state index contributed by atoms with van der Waals surface area (Å²) in [6, 6.07) is 9.22. The number of hydrogen-bond donors (Lipinski definition) is 1. The Hall–Kier alpha value is -2.43. The smallest absolute Gasteiger partial charge is 0.379 e. The lowest BCUT2D eigenvalue weighted by Gasteiger charge is -2.26. The number of alkyl halides is 3. The highest BCUT2D eigenvalue weighted by molar-refractivity contribution is 7.89. The summed E-state index contributed by atoms with van der Waals surface area (Å²) in [5.74, 6) is -0.453. The minimum Gasteiger partial charge on any atom is -0.379 e. The number of aryl methyl sites for hydroxylation is 1. The maximum absolute atomic E-state index is 12.9. The first-order valence-corrected chi connectivity index (χ1v) is 11.2. The van der Waals surface area contributed by atoms with Crippen molar-refractivity contribution in [3.8, 4) is 0 Å². The Kier molecular flexibility index (Phi) is 7.03. The quantitative estimate of drug-likeness (QED) is 0.725. The predicted molar refractivity (Wildman–Crippen MR) is 108 cm³/mol. The zero-order valence-electron chi connectivity index (χ0n) is 16.9. The largest absolute Gasteiger partial charge is 0.416 e. The van der Waals surface area contributed by atoms with E-state index in [9.17, 15) is 26.4 Å². The summed E-state index contributed by atoms with van der Waals surface area (Å²) in [4.78, 5) is 12.6. The van der Waals surface area contributed by atoms with Crippen molar-refractivity contribution in [3.05, 3.63) is 64.7 Å². The van der Waals surface area contributed by atoms with Gasteiger partial charge in [0.1, 0.15) is 0 Å². The molecule has 1 amide bonds. The van der Waals surface area contributed by atoms with E-state index in [1.807, 2.05) is 0 Å². The van der Waals surface area contributed by atoms with Crippen molar-refractivity contribution in [2.24, 2.45) is 0 Å². The molecule has 0 aliphatic carbocycles. The van der Waals surface area contributed by atoms with Crippen LogP contribution in [0.2, 0.25) is 0 Å². The monoisotopic (exact) mass is 456 g/mol. The third kappa shape index (κ3) is 5.63. The average molecular weight is 456 g/mol. The van der Waals surface area contributed by atoms with Crippen molar-refractivity contribution in [1.82, 2.24) is 9.62 Å². The lowest BCUT2D eigenvalue weighted by atomic mass is 10.1. The molecule has 1 N–H and O–H groups in total. The van der Waals surface area contributed by atoms with Crippen LogP contribution in [0.15, 0.2) is 47.4 Å². The van der Waals surface area contributed by atoms with Gasteiger partial charge in [0.25, 0.3) is 5.91 Å². The fourth-order valence-corrected chi connectivity index (χ4v) is 4.89. The molecule has 0 spiro atoms. The molecule has 0 atom stereocenters. The highest BCUT2D eigenvalue weighted by Gasteiger charge is 2.30. The van der Waals surface area contributed by atoms with Crippen LogP contribution >= 0.6 is 0 Å². The lowest BCUT2D eigenvalue weighted by Crippen LogP contribution is -2.41. The molecule has 10 heteroatoms. The van der Waals surface area contributed by atoms with Gasteiger partial charge in [-0.3, -0.25) is 4.79 Å². The van der Waals surface area contributed by atoms with Crippen LogP contribution in [-0.4, -0.2) is 51.5 Å². The van der Waals surface area contributed by atoms with Gasteiger partial charge in [-0.1, -0.05) is 18.2 Å². The number of sulfonamides is 1. The Balaban J connectivity index is 1.65. The molecule has 31 heavy (non-hydrogen) atoms. The number of carbonyl (C=O) groups excluding carboxylic acids is 1. The van der Waals surface area contributed by atoms with Gasteiger partial charge in [0.05, 0.1) is 23.7 Å². The number of rotatable bonds is 6. The van der Waals surface area contributed by atoms with Crippen molar-refractivity contribution >= 4 is 15.9 Å². The van der Waals surface area contributed by atoms with Gasteiger partial charge in [-0.05, 0) is 48.7 Å². The van der Waals surface area contributed by atoms with E-state index in [-0.39, 0.29) is 30.1 Å². The maximum atomic E-state index is 12.9. The number of amides is 1. The zero-order chi connectivity index (χ0) is 22.6. The minimum absolute atomic E-state index is 0.0739. The van der Waals surface area contributed by atoms with Crippen molar-refractivity contribution in [2.45, 2.75) is 24.4 Å². The van der Waals surface area contributed by atoms with Crippen LogP contribution in [0.5, 0.6) is 0 Å². The van der Waals surface area contributed by atoms with E-state index >= 15 is 0 Å². The van der Waals surface area contributed by atoms with Crippen LogP contribution in [-0.2, 0) is 27.4 Å². The second-order valence-corrected chi connectivity index (χ2v) is 9.10. The number of morpholine rings is 1. The summed E-state index contributed by atoms with van der Waals surface area (Å²) >= 11 is 0. The summed E-state index contributed by atoms with van der Waals surface area (Å²) in [5, 5.41) is 2.68. The number of nitrogens with zero attached hydrogens (tertiary/aromatic N) is 1. The van der Waals surface area contributed by atoms with Gasteiger partial charge in [-0.25, -0.2) is 8.42 Å². The van der Waals surface area contributed by atoms with Crippen LogP contribution in [0.4, 0.5) is 13.2 Å². The van der Waals surface area contributed by atoms with Crippen LogP contribution in [0.1, 0.15) is 27.0 Å². The topological polar surface area (TPSA) is 75.7 Å². The van der Waals surface area contributed by atoms with E-state index < -0.39 is 27.7 Å². The molecular weight excluding hydrogens is 433 g/mol.